The van der Waals surface area contributed by atoms with Crippen LogP contribution in [-0.2, 0) is 9.47 Å². The van der Waals surface area contributed by atoms with E-state index in [1.165, 1.54) is 7.11 Å². The lowest BCUT2D eigenvalue weighted by Crippen LogP contribution is -2.73. The molecule has 6 aliphatic rings. The van der Waals surface area contributed by atoms with Crippen LogP contribution in [0.2, 0.25) is 0 Å². The molecule has 4 saturated heterocycles. The van der Waals surface area contributed by atoms with Crippen LogP contribution in [0.25, 0.3) is 0 Å². The van der Waals surface area contributed by atoms with Gasteiger partial charge in [0.05, 0.1) is 12.2 Å². The van der Waals surface area contributed by atoms with Crippen molar-refractivity contribution in [3.63, 3.8) is 0 Å². The fraction of sp³-hybridized carbons (Fsp3) is 0.963. The first kappa shape index (κ1) is 32.5. The number of nitrogens with one attached hydrogen (secondary N) is 6. The first-order valence-electron chi connectivity index (χ1n) is 15.7. The number of nitrogens with zero attached hydrogens (tertiary/aromatic N) is 3. The summed E-state index contributed by atoms with van der Waals surface area (Å²) >= 11 is 0. The molecule has 6 fully saturated rings. The maximum Gasteiger partial charge on any atom is 0.406 e. The second-order valence-electron chi connectivity index (χ2n) is 13.2. The third kappa shape index (κ3) is 6.66. The molecule has 0 amide bonds. The minimum absolute atomic E-state index is 0.0208. The molecule has 0 spiro atoms. The van der Waals surface area contributed by atoms with E-state index in [0.717, 1.165) is 17.7 Å². The Balaban J connectivity index is 1.14. The third-order valence-electron chi connectivity index (χ3n) is 10.4. The largest absolute Gasteiger partial charge is 0.406 e. The van der Waals surface area contributed by atoms with Crippen LogP contribution in [0.5, 0.6) is 0 Å². The second-order valence-corrected chi connectivity index (χ2v) is 13.2. The monoisotopic (exact) mass is 641 g/mol. The summed E-state index contributed by atoms with van der Waals surface area (Å²) < 4.78 is 92.3. The molecule has 2 aliphatic carbocycles. The Morgan fingerprint density at radius 3 is 2.25 bits per heavy atom. The van der Waals surface area contributed by atoms with Crippen molar-refractivity contribution in [3.8, 4) is 0 Å². The topological polar surface area (TPSA) is 112 Å². The predicted molar refractivity (Wildman–Crippen MR) is 148 cm³/mol. The number of hydrogen-bond donors (Lipinski definition) is 6. The fourth-order valence-corrected chi connectivity index (χ4v) is 8.15. The Bertz CT molecular complexity index is 1010. The average molecular weight is 642 g/mol. The molecule has 4 heterocycles. The van der Waals surface area contributed by atoms with Crippen molar-refractivity contribution in [2.24, 2.45) is 17.8 Å². The molecule has 0 bridgehead atoms. The van der Waals surface area contributed by atoms with E-state index in [9.17, 15) is 26.3 Å². The highest BCUT2D eigenvalue weighted by atomic mass is 19.4. The highest BCUT2D eigenvalue weighted by molar-refractivity contribution is 5.80. The number of methoxy groups -OCH3 is 2. The van der Waals surface area contributed by atoms with Crippen LogP contribution in [0.3, 0.4) is 0 Å². The van der Waals surface area contributed by atoms with Gasteiger partial charge in [0, 0.05) is 58.4 Å². The third-order valence-corrected chi connectivity index (χ3v) is 10.4. The van der Waals surface area contributed by atoms with Crippen LogP contribution in [0.4, 0.5) is 26.3 Å². The Morgan fingerprint density at radius 1 is 0.909 bits per heavy atom. The molecule has 0 aromatic carbocycles. The Morgan fingerprint density at radius 2 is 1.64 bits per heavy atom. The van der Waals surface area contributed by atoms with Crippen molar-refractivity contribution in [2.45, 2.75) is 106 Å². The quantitative estimate of drug-likeness (QED) is 0.218. The molecule has 44 heavy (non-hydrogen) atoms. The van der Waals surface area contributed by atoms with Crippen molar-refractivity contribution in [3.05, 3.63) is 0 Å². The summed E-state index contributed by atoms with van der Waals surface area (Å²) in [6.07, 6.45) is -5.83. The number of halogens is 6. The van der Waals surface area contributed by atoms with Crippen molar-refractivity contribution in [1.29, 1.82) is 5.41 Å². The molecule has 8 unspecified atom stereocenters. The molecule has 8 atom stereocenters. The van der Waals surface area contributed by atoms with E-state index < -0.39 is 43.4 Å². The Labute approximate surface area is 253 Å². The number of fused-ring (bicyclic) bond motifs is 1. The van der Waals surface area contributed by atoms with Gasteiger partial charge in [0.2, 0.25) is 0 Å². The van der Waals surface area contributed by atoms with Gasteiger partial charge in [-0.25, -0.2) is 10.4 Å². The Kier molecular flexibility index (Phi) is 9.31. The summed E-state index contributed by atoms with van der Waals surface area (Å²) in [6.45, 7) is 0.0894. The molecule has 17 heteroatoms. The molecule has 2 saturated carbocycles. The summed E-state index contributed by atoms with van der Waals surface area (Å²) in [7, 11) is 3.06. The minimum Gasteiger partial charge on any atom is -0.366 e. The molecular formula is C27H45F6N9O2. The summed E-state index contributed by atoms with van der Waals surface area (Å²) in [5, 5.41) is 24.4. The van der Waals surface area contributed by atoms with Gasteiger partial charge < -0.3 is 24.6 Å². The van der Waals surface area contributed by atoms with Gasteiger partial charge in [-0.05, 0) is 50.4 Å². The van der Waals surface area contributed by atoms with E-state index in [1.807, 2.05) is 0 Å². The maximum absolute atomic E-state index is 13.7. The van der Waals surface area contributed by atoms with Gasteiger partial charge in [-0.1, -0.05) is 0 Å². The van der Waals surface area contributed by atoms with Crippen LogP contribution in [-0.4, -0.2) is 123 Å². The number of alkyl halides is 6. The number of ether oxygens (including phenoxy) is 2. The standard InChI is InChI=1S/C27H45F6N9O2/c1-43-19-9-18(27(31,32)33)39-42(19)16-7-3-14(4-8-16)11-40-23-17(41(25(40)34)12-26(28,29)30)10-35-22(38-23)20-21(15-5-6-15)36-13-37-24(20)44-2/h14-24,34-39H,3-13H2,1-2H3. The van der Waals surface area contributed by atoms with Gasteiger partial charge in [0.1, 0.15) is 31.2 Å². The maximum atomic E-state index is 13.7. The molecular weight excluding hydrogens is 596 g/mol. The van der Waals surface area contributed by atoms with Gasteiger partial charge in [0.15, 0.2) is 5.96 Å². The van der Waals surface area contributed by atoms with Crippen molar-refractivity contribution in [1.82, 2.24) is 41.5 Å². The SMILES string of the molecule is COC1NCNC(C2CC2)C1C1NCC2C(N1)N(CC1CCC(N3NC(C(F)(F)F)CC3OC)CC1)C(=N)N2CC(F)(F)F. The van der Waals surface area contributed by atoms with Gasteiger partial charge in [-0.15, -0.1) is 0 Å². The number of hydrogen-bond acceptors (Lipinski definition) is 9. The van der Waals surface area contributed by atoms with E-state index in [4.69, 9.17) is 14.9 Å². The van der Waals surface area contributed by atoms with Crippen LogP contribution in [0, 0.1) is 23.2 Å². The zero-order valence-corrected chi connectivity index (χ0v) is 25.1. The van der Waals surface area contributed by atoms with E-state index in [2.05, 4.69) is 26.7 Å². The zero-order chi connectivity index (χ0) is 31.4. The fourth-order valence-electron chi connectivity index (χ4n) is 8.15. The Hall–Kier alpha value is -1.47. The number of rotatable bonds is 8. The molecule has 4 aliphatic heterocycles. The molecule has 0 aromatic heterocycles. The van der Waals surface area contributed by atoms with Crippen molar-refractivity contribution < 1.29 is 35.8 Å². The van der Waals surface area contributed by atoms with Gasteiger partial charge in [-0.2, -0.15) is 26.3 Å². The van der Waals surface area contributed by atoms with Crippen LogP contribution in [0.1, 0.15) is 44.9 Å². The summed E-state index contributed by atoms with van der Waals surface area (Å²) in [5.74, 6) is 0.432. The van der Waals surface area contributed by atoms with Crippen LogP contribution < -0.4 is 26.7 Å². The lowest BCUT2D eigenvalue weighted by Gasteiger charge is -2.48. The van der Waals surface area contributed by atoms with Gasteiger partial charge >= 0.3 is 12.4 Å². The second kappa shape index (κ2) is 12.6. The van der Waals surface area contributed by atoms with E-state index in [1.54, 1.807) is 17.0 Å². The predicted octanol–water partition coefficient (Wildman–Crippen LogP) is 1.50. The molecule has 6 rings (SSSR count). The first-order valence-corrected chi connectivity index (χ1v) is 15.7. The molecule has 6 N–H and O–H groups in total. The number of guanidine groups is 1. The van der Waals surface area contributed by atoms with E-state index in [-0.39, 0.29) is 55.2 Å². The molecule has 11 nitrogen and oxygen atoms in total. The lowest BCUT2D eigenvalue weighted by molar-refractivity contribution is -0.158. The van der Waals surface area contributed by atoms with Gasteiger partial charge in [-0.3, -0.25) is 21.4 Å². The highest BCUT2D eigenvalue weighted by Crippen LogP contribution is 2.40. The van der Waals surface area contributed by atoms with Crippen molar-refractivity contribution >= 4 is 5.96 Å². The molecule has 0 radical (unpaired) electrons. The molecule has 0 aromatic rings. The first-order chi connectivity index (χ1) is 20.9. The normalized spacial score (nSPS) is 41.0. The minimum atomic E-state index is -4.47. The smallest absolute Gasteiger partial charge is 0.366 e. The average Bonchev–Trinajstić information content (AvgIpc) is 3.69. The summed E-state index contributed by atoms with van der Waals surface area (Å²) in [5.41, 5.74) is 2.61. The zero-order valence-electron chi connectivity index (χ0n) is 25.1. The summed E-state index contributed by atoms with van der Waals surface area (Å²) in [4.78, 5) is 2.92. The van der Waals surface area contributed by atoms with Crippen LogP contribution >= 0.6 is 0 Å². The molecule has 252 valence electrons. The van der Waals surface area contributed by atoms with E-state index >= 15 is 0 Å². The summed E-state index contributed by atoms with van der Waals surface area (Å²) in [6, 6.07) is -2.20. The van der Waals surface area contributed by atoms with Gasteiger partial charge in [0.25, 0.3) is 0 Å². The van der Waals surface area contributed by atoms with Crippen LogP contribution in [0.15, 0.2) is 0 Å². The van der Waals surface area contributed by atoms with E-state index in [0.29, 0.717) is 44.8 Å². The lowest BCUT2D eigenvalue weighted by atomic mass is 9.85. The number of hydrazine groups is 1. The van der Waals surface area contributed by atoms with Crippen molar-refractivity contribution in [2.75, 3.05) is 40.5 Å². The highest BCUT2D eigenvalue weighted by Gasteiger charge is 2.54.